The Labute approximate surface area is 156 Å². The first-order valence-corrected chi connectivity index (χ1v) is 9.02. The molecule has 0 amide bonds. The van der Waals surface area contributed by atoms with E-state index in [2.05, 4.69) is 51.3 Å². The normalized spacial score (nSPS) is 11.3. The molecule has 0 aliphatic rings. The molecule has 27 heavy (non-hydrogen) atoms. The van der Waals surface area contributed by atoms with Gasteiger partial charge >= 0.3 is 0 Å². The van der Waals surface area contributed by atoms with Crippen LogP contribution in [0.15, 0.2) is 78.9 Å². The number of fused-ring (bicyclic) bond motifs is 2. The number of para-hydroxylation sites is 5. The summed E-state index contributed by atoms with van der Waals surface area (Å²) in [7, 11) is 0. The molecular weight excluding hydrogens is 334 g/mol. The van der Waals surface area contributed by atoms with Crippen LogP contribution in [0.2, 0.25) is 0 Å². The van der Waals surface area contributed by atoms with Gasteiger partial charge in [-0.3, -0.25) is 0 Å². The van der Waals surface area contributed by atoms with Gasteiger partial charge in [0.25, 0.3) is 0 Å². The Kier molecular flexibility index (Phi) is 3.83. The zero-order valence-electron chi connectivity index (χ0n) is 14.8. The Hall–Kier alpha value is -3.60. The summed E-state index contributed by atoms with van der Waals surface area (Å²) in [5.74, 6) is 1.88. The fourth-order valence-corrected chi connectivity index (χ4v) is 3.40. The molecule has 132 valence electrons. The molecule has 2 aromatic heterocycles. The molecule has 0 saturated heterocycles. The highest BCUT2D eigenvalue weighted by molar-refractivity contribution is 5.75. The SMILES string of the molecule is c1ccc(N(Cc2nc3ccccc3[nH]2)Cc2nc3ccccc3[nH]2)cc1. The van der Waals surface area contributed by atoms with E-state index in [1.54, 1.807) is 0 Å². The van der Waals surface area contributed by atoms with E-state index in [0.29, 0.717) is 13.1 Å². The molecule has 5 nitrogen and oxygen atoms in total. The van der Waals surface area contributed by atoms with E-state index in [1.165, 1.54) is 0 Å². The number of hydrogen-bond acceptors (Lipinski definition) is 3. The maximum atomic E-state index is 4.73. The van der Waals surface area contributed by atoms with E-state index in [1.807, 2.05) is 42.5 Å². The van der Waals surface area contributed by atoms with Gasteiger partial charge in [0.2, 0.25) is 0 Å². The molecule has 0 bridgehead atoms. The first kappa shape index (κ1) is 15.6. The first-order chi connectivity index (χ1) is 13.3. The Morgan fingerprint density at radius 3 is 1.59 bits per heavy atom. The lowest BCUT2D eigenvalue weighted by Gasteiger charge is -2.22. The number of rotatable bonds is 5. The van der Waals surface area contributed by atoms with Crippen molar-refractivity contribution in [1.29, 1.82) is 0 Å². The predicted molar refractivity (Wildman–Crippen MR) is 109 cm³/mol. The summed E-state index contributed by atoms with van der Waals surface area (Å²) in [6, 6.07) is 26.6. The predicted octanol–water partition coefficient (Wildman–Crippen LogP) is 4.65. The first-order valence-electron chi connectivity index (χ1n) is 9.02. The molecule has 5 rings (SSSR count). The van der Waals surface area contributed by atoms with Crippen molar-refractivity contribution in [3.63, 3.8) is 0 Å². The zero-order valence-corrected chi connectivity index (χ0v) is 14.8. The van der Waals surface area contributed by atoms with Gasteiger partial charge in [0.1, 0.15) is 11.6 Å². The summed E-state index contributed by atoms with van der Waals surface area (Å²) in [5.41, 5.74) is 5.24. The van der Waals surface area contributed by atoms with Crippen molar-refractivity contribution in [2.24, 2.45) is 0 Å². The van der Waals surface area contributed by atoms with Crippen molar-refractivity contribution < 1.29 is 0 Å². The largest absolute Gasteiger partial charge is 0.357 e. The number of anilines is 1. The second kappa shape index (κ2) is 6.61. The summed E-state index contributed by atoms with van der Waals surface area (Å²) in [6.45, 7) is 1.35. The van der Waals surface area contributed by atoms with E-state index in [0.717, 1.165) is 39.4 Å². The van der Waals surface area contributed by atoms with Crippen molar-refractivity contribution in [3.05, 3.63) is 90.5 Å². The molecule has 5 heteroatoms. The number of aromatic amines is 2. The van der Waals surface area contributed by atoms with Crippen LogP contribution in [0.25, 0.3) is 22.1 Å². The molecule has 2 heterocycles. The van der Waals surface area contributed by atoms with Gasteiger partial charge in [0.15, 0.2) is 0 Å². The van der Waals surface area contributed by atoms with Gasteiger partial charge < -0.3 is 14.9 Å². The maximum Gasteiger partial charge on any atom is 0.126 e. The topological polar surface area (TPSA) is 60.6 Å². The Bertz CT molecular complexity index is 1050. The van der Waals surface area contributed by atoms with E-state index in [4.69, 9.17) is 9.97 Å². The van der Waals surface area contributed by atoms with Crippen molar-refractivity contribution in [2.45, 2.75) is 13.1 Å². The minimum Gasteiger partial charge on any atom is -0.357 e. The number of aromatic nitrogens is 4. The lowest BCUT2D eigenvalue weighted by atomic mass is 10.3. The van der Waals surface area contributed by atoms with Gasteiger partial charge in [-0.1, -0.05) is 42.5 Å². The fourth-order valence-electron chi connectivity index (χ4n) is 3.40. The lowest BCUT2D eigenvalue weighted by molar-refractivity contribution is 0.745. The third kappa shape index (κ3) is 3.15. The van der Waals surface area contributed by atoms with Crippen LogP contribution >= 0.6 is 0 Å². The quantitative estimate of drug-likeness (QED) is 0.484. The summed E-state index contributed by atoms with van der Waals surface area (Å²) >= 11 is 0. The molecule has 0 atom stereocenters. The molecule has 5 aromatic rings. The highest BCUT2D eigenvalue weighted by Gasteiger charge is 2.13. The van der Waals surface area contributed by atoms with Crippen molar-refractivity contribution in [2.75, 3.05) is 4.90 Å². The van der Waals surface area contributed by atoms with Crippen LogP contribution in [0.1, 0.15) is 11.6 Å². The number of benzene rings is 3. The zero-order chi connectivity index (χ0) is 18.1. The summed E-state index contributed by atoms with van der Waals surface area (Å²) in [6.07, 6.45) is 0. The molecule has 0 saturated carbocycles. The minimum atomic E-state index is 0.676. The Balaban J connectivity index is 1.48. The molecule has 0 aliphatic heterocycles. The smallest absolute Gasteiger partial charge is 0.126 e. The van der Waals surface area contributed by atoms with Crippen molar-refractivity contribution in [3.8, 4) is 0 Å². The third-order valence-corrected chi connectivity index (χ3v) is 4.68. The van der Waals surface area contributed by atoms with Crippen LogP contribution in [0.5, 0.6) is 0 Å². The van der Waals surface area contributed by atoms with Gasteiger partial charge in [-0.05, 0) is 36.4 Å². The fraction of sp³-hybridized carbons (Fsp3) is 0.0909. The molecule has 2 N–H and O–H groups in total. The number of nitrogens with one attached hydrogen (secondary N) is 2. The van der Waals surface area contributed by atoms with Gasteiger partial charge in [0, 0.05) is 5.69 Å². The highest BCUT2D eigenvalue weighted by Crippen LogP contribution is 2.21. The van der Waals surface area contributed by atoms with Crippen LogP contribution in [-0.4, -0.2) is 19.9 Å². The second-order valence-electron chi connectivity index (χ2n) is 6.59. The molecule has 0 spiro atoms. The summed E-state index contributed by atoms with van der Waals surface area (Å²) < 4.78 is 0. The van der Waals surface area contributed by atoms with Crippen LogP contribution in [-0.2, 0) is 13.1 Å². The van der Waals surface area contributed by atoms with E-state index < -0.39 is 0 Å². The van der Waals surface area contributed by atoms with Crippen molar-refractivity contribution >= 4 is 27.8 Å². The average Bonchev–Trinajstić information content (AvgIpc) is 3.30. The lowest BCUT2D eigenvalue weighted by Crippen LogP contribution is -2.23. The van der Waals surface area contributed by atoms with Crippen LogP contribution in [0.3, 0.4) is 0 Å². The van der Waals surface area contributed by atoms with Crippen molar-refractivity contribution in [1.82, 2.24) is 19.9 Å². The number of nitrogens with zero attached hydrogens (tertiary/aromatic N) is 3. The summed E-state index contributed by atoms with van der Waals surface area (Å²) in [5, 5.41) is 0. The van der Waals surface area contributed by atoms with Gasteiger partial charge in [0.05, 0.1) is 35.2 Å². The molecule has 0 unspecified atom stereocenters. The molecular formula is C22H19N5. The van der Waals surface area contributed by atoms with Crippen LogP contribution in [0.4, 0.5) is 5.69 Å². The van der Waals surface area contributed by atoms with Gasteiger partial charge in [-0.15, -0.1) is 0 Å². The monoisotopic (exact) mass is 353 g/mol. The second-order valence-corrected chi connectivity index (χ2v) is 6.59. The van der Waals surface area contributed by atoms with Crippen LogP contribution in [0, 0.1) is 0 Å². The van der Waals surface area contributed by atoms with Crippen LogP contribution < -0.4 is 4.90 Å². The average molecular weight is 353 g/mol. The maximum absolute atomic E-state index is 4.73. The molecule has 0 fully saturated rings. The van der Waals surface area contributed by atoms with E-state index >= 15 is 0 Å². The number of H-pyrrole nitrogens is 2. The standard InChI is InChI=1S/C22H19N5/c1-2-8-16(9-3-1)27(14-21-23-17-10-4-5-11-18(17)24-21)15-22-25-19-12-6-7-13-20(19)26-22/h1-13H,14-15H2,(H,23,24)(H,25,26). The molecule has 0 radical (unpaired) electrons. The minimum absolute atomic E-state index is 0.676. The van der Waals surface area contributed by atoms with Gasteiger partial charge in [-0.25, -0.2) is 9.97 Å². The Morgan fingerprint density at radius 1 is 0.593 bits per heavy atom. The highest BCUT2D eigenvalue weighted by atomic mass is 15.2. The summed E-state index contributed by atoms with van der Waals surface area (Å²) in [4.78, 5) is 18.6. The van der Waals surface area contributed by atoms with E-state index in [9.17, 15) is 0 Å². The van der Waals surface area contributed by atoms with E-state index in [-0.39, 0.29) is 0 Å². The molecule has 0 aliphatic carbocycles. The third-order valence-electron chi connectivity index (χ3n) is 4.68. The Morgan fingerprint density at radius 2 is 1.07 bits per heavy atom. The van der Waals surface area contributed by atoms with Gasteiger partial charge in [-0.2, -0.15) is 0 Å². The molecule has 3 aromatic carbocycles. The number of hydrogen-bond donors (Lipinski definition) is 2. The number of imidazole rings is 2.